The normalized spacial score (nSPS) is 18.6. The second-order valence-corrected chi connectivity index (χ2v) is 6.78. The molecule has 3 rings (SSSR count). The molecule has 0 N–H and O–H groups in total. The third kappa shape index (κ3) is 3.08. The van der Waals surface area contributed by atoms with Gasteiger partial charge in [0.2, 0.25) is 0 Å². The summed E-state index contributed by atoms with van der Waals surface area (Å²) in [7, 11) is 3.39. The zero-order chi connectivity index (χ0) is 15.5. The van der Waals surface area contributed by atoms with Crippen molar-refractivity contribution < 1.29 is 9.47 Å². The maximum Gasteiger partial charge on any atom is 0.164 e. The van der Waals surface area contributed by atoms with E-state index in [1.807, 2.05) is 19.1 Å². The maximum absolute atomic E-state index is 5.57. The van der Waals surface area contributed by atoms with Crippen LogP contribution in [0.3, 0.4) is 0 Å². The summed E-state index contributed by atoms with van der Waals surface area (Å²) >= 11 is 1.68. The molecular weight excluding hydrogens is 298 g/mol. The molecule has 1 unspecified atom stereocenters. The first-order chi connectivity index (χ1) is 10.7. The molecule has 1 aromatic heterocycles. The second-order valence-electron chi connectivity index (χ2n) is 5.52. The molecule has 1 aliphatic rings. The first-order valence-electron chi connectivity index (χ1n) is 7.43. The van der Waals surface area contributed by atoms with E-state index in [0.29, 0.717) is 5.92 Å². The van der Waals surface area contributed by atoms with Crippen LogP contribution in [0.25, 0.3) is 0 Å². The first-order valence-corrected chi connectivity index (χ1v) is 8.25. The Hall–Kier alpha value is -1.66. The molecule has 1 aromatic carbocycles. The van der Waals surface area contributed by atoms with Crippen molar-refractivity contribution in [2.45, 2.75) is 25.8 Å². The van der Waals surface area contributed by atoms with Crippen LogP contribution in [0.5, 0.6) is 11.5 Å². The van der Waals surface area contributed by atoms with Crippen molar-refractivity contribution in [3.05, 3.63) is 33.8 Å². The van der Waals surface area contributed by atoms with Crippen LogP contribution in [0.4, 0.5) is 0 Å². The van der Waals surface area contributed by atoms with Gasteiger partial charge in [-0.2, -0.15) is 0 Å². The number of hydrogen-bond acceptors (Lipinski definition) is 6. The number of aromatic nitrogens is 2. The molecule has 2 aromatic rings. The van der Waals surface area contributed by atoms with Gasteiger partial charge < -0.3 is 9.47 Å². The van der Waals surface area contributed by atoms with Crippen LogP contribution in [-0.2, 0) is 6.54 Å². The number of rotatable bonds is 5. The Kier molecular flexibility index (Phi) is 4.59. The monoisotopic (exact) mass is 319 g/mol. The van der Waals surface area contributed by atoms with Crippen molar-refractivity contribution in [3.8, 4) is 11.5 Å². The van der Waals surface area contributed by atoms with Crippen molar-refractivity contribution in [1.29, 1.82) is 0 Å². The number of nitrogens with zero attached hydrogens (tertiary/aromatic N) is 3. The molecule has 0 radical (unpaired) electrons. The van der Waals surface area contributed by atoms with Crippen LogP contribution >= 0.6 is 11.3 Å². The van der Waals surface area contributed by atoms with Gasteiger partial charge in [0.25, 0.3) is 0 Å². The molecular formula is C16H21N3O2S. The third-order valence-corrected chi connectivity index (χ3v) is 4.90. The fourth-order valence-corrected chi connectivity index (χ4v) is 3.81. The largest absolute Gasteiger partial charge is 0.493 e. The highest BCUT2D eigenvalue weighted by atomic mass is 32.1. The molecule has 22 heavy (non-hydrogen) atoms. The molecule has 0 aliphatic carbocycles. The minimum atomic E-state index is 0.471. The number of benzene rings is 1. The van der Waals surface area contributed by atoms with E-state index in [1.165, 1.54) is 5.56 Å². The minimum Gasteiger partial charge on any atom is -0.493 e. The summed E-state index contributed by atoms with van der Waals surface area (Å²) in [4.78, 5) is 2.43. The average molecular weight is 319 g/mol. The molecule has 1 aliphatic heterocycles. The molecule has 1 saturated heterocycles. The van der Waals surface area contributed by atoms with E-state index < -0.39 is 0 Å². The van der Waals surface area contributed by atoms with Crippen molar-refractivity contribution in [1.82, 2.24) is 15.1 Å². The number of ether oxygens (including phenoxy) is 2. The van der Waals surface area contributed by atoms with Gasteiger partial charge in [0.15, 0.2) is 11.5 Å². The van der Waals surface area contributed by atoms with Gasteiger partial charge in [-0.25, -0.2) is 0 Å². The van der Waals surface area contributed by atoms with E-state index in [9.17, 15) is 0 Å². The van der Waals surface area contributed by atoms with Crippen molar-refractivity contribution in [2.75, 3.05) is 27.3 Å². The fraction of sp³-hybridized carbons (Fsp3) is 0.500. The zero-order valence-electron chi connectivity index (χ0n) is 13.2. The fourth-order valence-electron chi connectivity index (χ4n) is 3.06. The summed E-state index contributed by atoms with van der Waals surface area (Å²) in [5, 5.41) is 10.4. The highest BCUT2D eigenvalue weighted by Crippen LogP contribution is 2.39. The van der Waals surface area contributed by atoms with Gasteiger partial charge >= 0.3 is 0 Å². The summed E-state index contributed by atoms with van der Waals surface area (Å²) in [6.45, 7) is 4.97. The number of methoxy groups -OCH3 is 2. The number of likely N-dealkylation sites (tertiary alicyclic amines) is 1. The lowest BCUT2D eigenvalue weighted by Crippen LogP contribution is -2.19. The van der Waals surface area contributed by atoms with Crippen LogP contribution < -0.4 is 9.47 Å². The second kappa shape index (κ2) is 6.62. The van der Waals surface area contributed by atoms with Crippen LogP contribution in [-0.4, -0.2) is 42.4 Å². The lowest BCUT2D eigenvalue weighted by molar-refractivity contribution is 0.322. The van der Waals surface area contributed by atoms with E-state index in [-0.39, 0.29) is 0 Å². The summed E-state index contributed by atoms with van der Waals surface area (Å²) < 4.78 is 11.0. The highest BCUT2D eigenvalue weighted by molar-refractivity contribution is 7.11. The van der Waals surface area contributed by atoms with Gasteiger partial charge in [-0.15, -0.1) is 21.5 Å². The molecule has 0 amide bonds. The third-order valence-electron chi connectivity index (χ3n) is 4.07. The Labute approximate surface area is 134 Å². The lowest BCUT2D eigenvalue weighted by atomic mass is 9.97. The zero-order valence-corrected chi connectivity index (χ0v) is 14.0. The van der Waals surface area contributed by atoms with Crippen LogP contribution in [0.1, 0.15) is 27.9 Å². The maximum atomic E-state index is 5.57. The Balaban J connectivity index is 1.72. The molecule has 0 saturated carbocycles. The van der Waals surface area contributed by atoms with Crippen LogP contribution in [0.2, 0.25) is 0 Å². The predicted molar refractivity (Wildman–Crippen MR) is 86.8 cm³/mol. The summed E-state index contributed by atoms with van der Waals surface area (Å²) in [5.74, 6) is 2.14. The Morgan fingerprint density at radius 1 is 1.27 bits per heavy atom. The van der Waals surface area contributed by atoms with Gasteiger partial charge in [0.05, 0.1) is 20.8 Å². The summed E-state index contributed by atoms with van der Waals surface area (Å²) in [5.41, 5.74) is 1.23. The number of para-hydroxylation sites is 1. The smallest absolute Gasteiger partial charge is 0.164 e. The molecule has 6 heteroatoms. The Morgan fingerprint density at radius 3 is 2.82 bits per heavy atom. The van der Waals surface area contributed by atoms with Gasteiger partial charge in [-0.3, -0.25) is 4.90 Å². The van der Waals surface area contributed by atoms with E-state index >= 15 is 0 Å². The lowest BCUT2D eigenvalue weighted by Gasteiger charge is -2.18. The number of hydrogen-bond donors (Lipinski definition) is 0. The van der Waals surface area contributed by atoms with Crippen molar-refractivity contribution in [2.24, 2.45) is 0 Å². The summed E-state index contributed by atoms with van der Waals surface area (Å²) in [6.07, 6.45) is 1.13. The van der Waals surface area contributed by atoms with Crippen LogP contribution in [0.15, 0.2) is 18.2 Å². The first kappa shape index (κ1) is 15.2. The van der Waals surface area contributed by atoms with Crippen molar-refractivity contribution in [3.63, 3.8) is 0 Å². The molecule has 0 spiro atoms. The van der Waals surface area contributed by atoms with E-state index in [0.717, 1.165) is 47.6 Å². The topological polar surface area (TPSA) is 47.5 Å². The summed E-state index contributed by atoms with van der Waals surface area (Å²) in [6, 6.07) is 6.12. The minimum absolute atomic E-state index is 0.471. The predicted octanol–water partition coefficient (Wildman–Crippen LogP) is 2.85. The van der Waals surface area contributed by atoms with Gasteiger partial charge in [0, 0.05) is 18.0 Å². The highest BCUT2D eigenvalue weighted by Gasteiger charge is 2.27. The van der Waals surface area contributed by atoms with Crippen molar-refractivity contribution >= 4 is 11.3 Å². The molecule has 0 bridgehead atoms. The van der Waals surface area contributed by atoms with Gasteiger partial charge in [0.1, 0.15) is 10.0 Å². The molecule has 1 fully saturated rings. The SMILES string of the molecule is COc1cccc(C2CCN(Cc3nnc(C)s3)C2)c1OC. The van der Waals surface area contributed by atoms with Gasteiger partial charge in [-0.05, 0) is 26.0 Å². The molecule has 1 atom stereocenters. The van der Waals surface area contributed by atoms with E-state index in [4.69, 9.17) is 9.47 Å². The van der Waals surface area contributed by atoms with E-state index in [2.05, 4.69) is 21.2 Å². The molecule has 5 nitrogen and oxygen atoms in total. The van der Waals surface area contributed by atoms with Gasteiger partial charge in [-0.1, -0.05) is 12.1 Å². The van der Waals surface area contributed by atoms with E-state index in [1.54, 1.807) is 25.6 Å². The Morgan fingerprint density at radius 2 is 2.14 bits per heavy atom. The standard InChI is InChI=1S/C16H21N3O2S/c1-11-17-18-15(22-11)10-19-8-7-12(9-19)13-5-4-6-14(20-2)16(13)21-3/h4-6,12H,7-10H2,1-3H3. The Bertz CT molecular complexity index is 644. The van der Waals surface area contributed by atoms with Crippen LogP contribution in [0, 0.1) is 6.92 Å². The number of aryl methyl sites for hydroxylation is 1. The average Bonchev–Trinajstić information content (AvgIpc) is 3.16. The molecule has 2 heterocycles. The molecule has 118 valence electrons. The quantitative estimate of drug-likeness (QED) is 0.848.